The zero-order valence-corrected chi connectivity index (χ0v) is 12.0. The predicted octanol–water partition coefficient (Wildman–Crippen LogP) is 2.79. The smallest absolute Gasteiger partial charge is 0.0908 e. The number of para-hydroxylation sites is 1. The summed E-state index contributed by atoms with van der Waals surface area (Å²) < 4.78 is 1.86. The van der Waals surface area contributed by atoms with E-state index in [2.05, 4.69) is 28.9 Å². The predicted molar refractivity (Wildman–Crippen MR) is 81.8 cm³/mol. The summed E-state index contributed by atoms with van der Waals surface area (Å²) in [4.78, 5) is 1.27. The summed E-state index contributed by atoms with van der Waals surface area (Å²) in [6.07, 6.45) is 1.95. The summed E-state index contributed by atoms with van der Waals surface area (Å²) in [5, 5.41) is 6.73. The lowest BCUT2D eigenvalue weighted by molar-refractivity contribution is 0.613. The number of hydrogen-bond donors (Lipinski definition) is 2. The Morgan fingerprint density at radius 1 is 1.25 bits per heavy atom. The van der Waals surface area contributed by atoms with Gasteiger partial charge in [-0.15, -0.1) is 11.3 Å². The zero-order chi connectivity index (χ0) is 13.9. The lowest BCUT2D eigenvalue weighted by atomic mass is 10.1. The molecule has 4 nitrogen and oxygen atoms in total. The Bertz CT molecular complexity index is 687. The van der Waals surface area contributed by atoms with Crippen molar-refractivity contribution in [3.8, 4) is 5.69 Å². The molecule has 0 saturated carbocycles. The minimum Gasteiger partial charge on any atom is -0.271 e. The largest absolute Gasteiger partial charge is 0.271 e. The van der Waals surface area contributed by atoms with E-state index in [0.29, 0.717) is 0 Å². The number of nitrogens with zero attached hydrogens (tertiary/aromatic N) is 2. The van der Waals surface area contributed by atoms with Crippen LogP contribution in [-0.4, -0.2) is 9.78 Å². The van der Waals surface area contributed by atoms with Crippen molar-refractivity contribution in [2.45, 2.75) is 13.0 Å². The van der Waals surface area contributed by atoms with E-state index in [1.165, 1.54) is 4.88 Å². The second-order valence-corrected chi connectivity index (χ2v) is 5.73. The lowest BCUT2D eigenvalue weighted by Gasteiger charge is -2.11. The average Bonchev–Trinajstić information content (AvgIpc) is 3.11. The number of aromatic nitrogens is 2. The molecular formula is C15H16N4S. The zero-order valence-electron chi connectivity index (χ0n) is 11.2. The van der Waals surface area contributed by atoms with Crippen molar-refractivity contribution >= 4 is 11.3 Å². The van der Waals surface area contributed by atoms with Crippen molar-refractivity contribution in [3.63, 3.8) is 0 Å². The van der Waals surface area contributed by atoms with Crippen molar-refractivity contribution < 1.29 is 0 Å². The standard InChI is InChI=1S/C15H16N4S/c1-11-9-12(10-20-11)15(17-16)14-7-8-19(18-14)13-5-3-2-4-6-13/h2-10,15,17H,16H2,1H3. The highest BCUT2D eigenvalue weighted by Gasteiger charge is 2.16. The van der Waals surface area contributed by atoms with Gasteiger partial charge in [0.1, 0.15) is 0 Å². The van der Waals surface area contributed by atoms with Gasteiger partial charge in [0, 0.05) is 11.1 Å². The Kier molecular flexibility index (Phi) is 3.64. The molecule has 0 fully saturated rings. The molecule has 3 N–H and O–H groups in total. The maximum Gasteiger partial charge on any atom is 0.0908 e. The fraction of sp³-hybridized carbons (Fsp3) is 0.133. The molecule has 20 heavy (non-hydrogen) atoms. The van der Waals surface area contributed by atoms with E-state index < -0.39 is 0 Å². The molecule has 0 spiro atoms. The molecule has 1 atom stereocenters. The average molecular weight is 284 g/mol. The Morgan fingerprint density at radius 2 is 2.05 bits per heavy atom. The Labute approximate surface area is 121 Å². The van der Waals surface area contributed by atoms with Crippen LogP contribution in [0.3, 0.4) is 0 Å². The number of thiophene rings is 1. The van der Waals surface area contributed by atoms with Crippen LogP contribution >= 0.6 is 11.3 Å². The lowest BCUT2D eigenvalue weighted by Crippen LogP contribution is -2.29. The van der Waals surface area contributed by atoms with Crippen molar-refractivity contribution in [1.29, 1.82) is 0 Å². The quantitative estimate of drug-likeness (QED) is 0.572. The van der Waals surface area contributed by atoms with Crippen LogP contribution in [0.4, 0.5) is 0 Å². The number of rotatable bonds is 4. The van der Waals surface area contributed by atoms with Crippen LogP contribution in [0.25, 0.3) is 5.69 Å². The third-order valence-corrected chi connectivity index (χ3v) is 4.06. The third-order valence-electron chi connectivity index (χ3n) is 3.18. The van der Waals surface area contributed by atoms with Crippen LogP contribution in [0.1, 0.15) is 22.2 Å². The molecule has 102 valence electrons. The van der Waals surface area contributed by atoms with Crippen LogP contribution in [0.15, 0.2) is 54.0 Å². The highest BCUT2D eigenvalue weighted by Crippen LogP contribution is 2.25. The van der Waals surface area contributed by atoms with Gasteiger partial charge in [0.25, 0.3) is 0 Å². The summed E-state index contributed by atoms with van der Waals surface area (Å²) in [7, 11) is 0. The van der Waals surface area contributed by atoms with Crippen molar-refractivity contribution in [2.75, 3.05) is 0 Å². The summed E-state index contributed by atoms with van der Waals surface area (Å²) in [6, 6.07) is 14.1. The second-order valence-electron chi connectivity index (χ2n) is 4.61. The molecule has 0 aliphatic carbocycles. The molecule has 0 amide bonds. The van der Waals surface area contributed by atoms with Gasteiger partial charge in [-0.1, -0.05) is 18.2 Å². The van der Waals surface area contributed by atoms with E-state index in [1.54, 1.807) is 11.3 Å². The molecule has 3 aromatic rings. The van der Waals surface area contributed by atoms with Gasteiger partial charge in [-0.25, -0.2) is 10.1 Å². The van der Waals surface area contributed by atoms with Gasteiger partial charge in [-0.05, 0) is 42.1 Å². The maximum absolute atomic E-state index is 5.70. The molecule has 0 aliphatic rings. The first-order valence-corrected chi connectivity index (χ1v) is 7.28. The highest BCUT2D eigenvalue weighted by molar-refractivity contribution is 7.10. The molecule has 5 heteroatoms. The number of benzene rings is 1. The van der Waals surface area contributed by atoms with Crippen LogP contribution < -0.4 is 11.3 Å². The van der Waals surface area contributed by atoms with Gasteiger partial charge in [0.2, 0.25) is 0 Å². The van der Waals surface area contributed by atoms with E-state index in [-0.39, 0.29) is 6.04 Å². The fourth-order valence-electron chi connectivity index (χ4n) is 2.18. The first-order chi connectivity index (χ1) is 9.78. The molecule has 2 heterocycles. The van der Waals surface area contributed by atoms with E-state index in [9.17, 15) is 0 Å². The van der Waals surface area contributed by atoms with E-state index in [1.807, 2.05) is 47.3 Å². The minimum atomic E-state index is -0.0788. The summed E-state index contributed by atoms with van der Waals surface area (Å²) in [6.45, 7) is 2.09. The fourth-order valence-corrected chi connectivity index (χ4v) is 2.91. The SMILES string of the molecule is Cc1cc(C(NN)c2ccn(-c3ccccc3)n2)cs1. The Hall–Kier alpha value is -1.95. The first kappa shape index (κ1) is 13.1. The normalized spacial score (nSPS) is 12.5. The number of nitrogens with one attached hydrogen (secondary N) is 1. The van der Waals surface area contributed by atoms with Gasteiger partial charge in [-0.3, -0.25) is 5.84 Å². The molecule has 0 saturated heterocycles. The van der Waals surface area contributed by atoms with Gasteiger partial charge >= 0.3 is 0 Å². The number of nitrogens with two attached hydrogens (primary N) is 1. The summed E-state index contributed by atoms with van der Waals surface area (Å²) in [5.74, 6) is 5.70. The second kappa shape index (κ2) is 5.58. The highest BCUT2D eigenvalue weighted by atomic mass is 32.1. The van der Waals surface area contributed by atoms with E-state index in [4.69, 9.17) is 5.84 Å². The topological polar surface area (TPSA) is 55.9 Å². The van der Waals surface area contributed by atoms with Crippen LogP contribution in [-0.2, 0) is 0 Å². The maximum atomic E-state index is 5.70. The van der Waals surface area contributed by atoms with Crippen LogP contribution in [0.5, 0.6) is 0 Å². The molecule has 1 unspecified atom stereocenters. The number of hydrazine groups is 1. The van der Waals surface area contributed by atoms with Gasteiger partial charge in [-0.2, -0.15) is 5.10 Å². The first-order valence-electron chi connectivity index (χ1n) is 6.40. The Balaban J connectivity index is 1.92. The number of hydrogen-bond acceptors (Lipinski definition) is 4. The molecular weight excluding hydrogens is 268 g/mol. The van der Waals surface area contributed by atoms with Gasteiger partial charge < -0.3 is 0 Å². The molecule has 0 radical (unpaired) electrons. The van der Waals surface area contributed by atoms with Crippen molar-refractivity contribution in [1.82, 2.24) is 15.2 Å². The van der Waals surface area contributed by atoms with Gasteiger partial charge in [0.05, 0.1) is 17.4 Å². The summed E-state index contributed by atoms with van der Waals surface area (Å²) in [5.41, 5.74) is 5.94. The molecule has 3 rings (SSSR count). The molecule has 2 aromatic heterocycles. The monoisotopic (exact) mass is 284 g/mol. The van der Waals surface area contributed by atoms with Gasteiger partial charge in [0.15, 0.2) is 0 Å². The molecule has 1 aromatic carbocycles. The minimum absolute atomic E-state index is 0.0788. The summed E-state index contributed by atoms with van der Waals surface area (Å²) >= 11 is 1.72. The molecule has 0 bridgehead atoms. The number of aryl methyl sites for hydroxylation is 1. The van der Waals surface area contributed by atoms with E-state index in [0.717, 1.165) is 16.9 Å². The van der Waals surface area contributed by atoms with Crippen molar-refractivity contribution in [2.24, 2.45) is 5.84 Å². The van der Waals surface area contributed by atoms with Crippen molar-refractivity contribution in [3.05, 3.63) is 70.2 Å². The van der Waals surface area contributed by atoms with Crippen LogP contribution in [0, 0.1) is 6.92 Å². The van der Waals surface area contributed by atoms with E-state index >= 15 is 0 Å². The van der Waals surface area contributed by atoms with Crippen LogP contribution in [0.2, 0.25) is 0 Å². The third kappa shape index (κ3) is 2.51. The Morgan fingerprint density at radius 3 is 2.70 bits per heavy atom. The molecule has 0 aliphatic heterocycles.